The number of methoxy groups -OCH3 is 4. The van der Waals surface area contributed by atoms with Gasteiger partial charge in [-0.05, 0) is 98.6 Å². The van der Waals surface area contributed by atoms with E-state index in [0.29, 0.717) is 48.8 Å². The zero-order valence-corrected chi connectivity index (χ0v) is 72.1. The summed E-state index contributed by atoms with van der Waals surface area (Å²) in [4.78, 5) is 65.0. The Morgan fingerprint density at radius 3 is 1.27 bits per heavy atom. The molecule has 0 radical (unpaired) electrons. The number of hydrogen-bond donors (Lipinski definition) is 4. The van der Waals surface area contributed by atoms with E-state index >= 15 is 0 Å². The van der Waals surface area contributed by atoms with Gasteiger partial charge in [-0.1, -0.05) is 202 Å². The van der Waals surface area contributed by atoms with Gasteiger partial charge in [-0.3, -0.25) is 20.2 Å². The average Bonchev–Trinajstić information content (AvgIpc) is 0.759. The van der Waals surface area contributed by atoms with Crippen LogP contribution in [0.5, 0.6) is 0 Å². The fraction of sp³-hybridized carbons (Fsp3) is 0.440. The fourth-order valence-electron chi connectivity index (χ4n) is 7.85. The molecule has 9 rings (SSSR count). The maximum absolute atomic E-state index is 12.0. The molecule has 20 nitrogen and oxygen atoms in total. The first-order valence-electron chi connectivity index (χ1n) is 33.4. The number of non-ortho nitro benzene ring substituents is 2. The second-order valence-electron chi connectivity index (χ2n) is 18.5. The van der Waals surface area contributed by atoms with Crippen molar-refractivity contribution in [3.8, 4) is 0 Å². The molecule has 0 atom stereocenters. The third kappa shape index (κ3) is 48.0. The summed E-state index contributed by atoms with van der Waals surface area (Å²) < 4.78 is 28.9. The molecule has 0 bridgehead atoms. The minimum absolute atomic E-state index is 0.0795. The van der Waals surface area contributed by atoms with Gasteiger partial charge in [-0.2, -0.15) is 0 Å². The van der Waals surface area contributed by atoms with Crippen LogP contribution in [0.3, 0.4) is 0 Å². The van der Waals surface area contributed by atoms with Crippen molar-refractivity contribution in [3.63, 3.8) is 0 Å². The monoisotopic (exact) mass is 1770 g/mol. The Morgan fingerprint density at radius 2 is 0.920 bits per heavy atom. The zero-order chi connectivity index (χ0) is 79.1. The number of nitrogen functional groups attached to an aromatic ring is 1. The van der Waals surface area contributed by atoms with E-state index < -0.39 is 28.9 Å². The van der Waals surface area contributed by atoms with Crippen LogP contribution in [-0.2, 0) is 59.4 Å². The number of rotatable bonds is 8. The fourth-order valence-corrected chi connectivity index (χ4v) is 7.85. The van der Waals surface area contributed by atoms with Crippen LogP contribution in [0.25, 0.3) is 5.57 Å². The number of benzene rings is 6. The molecule has 3 heterocycles. The van der Waals surface area contributed by atoms with E-state index in [9.17, 15) is 39.4 Å². The number of carbonyl (C=O) groups is 4. The first-order valence-corrected chi connectivity index (χ1v) is 46.9. The number of carbonyl (C=O) groups excluding carboxylic acids is 4. The Balaban J connectivity index is -0.000000197. The molecule has 0 spiro atoms. The van der Waals surface area contributed by atoms with Gasteiger partial charge in [-0.25, -0.2) is 19.2 Å². The number of fused-ring (bicyclic) bond motifs is 4. The van der Waals surface area contributed by atoms with E-state index in [0.717, 1.165) is 46.4 Å². The van der Waals surface area contributed by atoms with Gasteiger partial charge >= 0.3 is 95.9 Å². The molecule has 6 aromatic rings. The number of allylic oxidation sites excluding steroid dienone is 1. The molecule has 0 fully saturated rings. The van der Waals surface area contributed by atoms with Crippen molar-refractivity contribution in [2.75, 3.05) is 52.7 Å². The molecule has 0 aromatic heterocycles. The SMILES string of the molecule is CB(O)O.CC.CC.CC.CC.CC.CC.CC.CC.CC1=CC(C)(C)Nc2ccc3c(c21)C(=O)OCC3.COC(=O)c1cc([N+](=O)[O-])ccc1C.COC(=O)c1cc([N+](=O)[O-])ccc1C.COCc1ccccc1.COCc1ccccc1.Nc1ccc2c(c1)C(=O)OCC2.[I][V]([I])[I]. The van der Waals surface area contributed by atoms with Crippen molar-refractivity contribution in [1.29, 1.82) is 0 Å². The predicted octanol–water partition coefficient (Wildman–Crippen LogP) is 21.0. The van der Waals surface area contributed by atoms with E-state index in [1.165, 1.54) is 68.6 Å². The third-order valence-electron chi connectivity index (χ3n) is 11.5. The Labute approximate surface area is 637 Å². The van der Waals surface area contributed by atoms with Gasteiger partial charge in [0.2, 0.25) is 0 Å². The molecule has 25 heteroatoms. The molecule has 0 aliphatic carbocycles. The van der Waals surface area contributed by atoms with Crippen molar-refractivity contribution in [2.45, 2.75) is 184 Å². The summed E-state index contributed by atoms with van der Waals surface area (Å²) in [5, 5.41) is 39.5. The summed E-state index contributed by atoms with van der Waals surface area (Å²) in [7, 11) is 4.71. The number of hydrogen-bond acceptors (Lipinski definition) is 18. The summed E-state index contributed by atoms with van der Waals surface area (Å²) in [6.45, 7) is 45.4. The average molecular weight is 1770 g/mol. The molecule has 0 saturated heterocycles. The van der Waals surface area contributed by atoms with Gasteiger partial charge in [0.15, 0.2) is 0 Å². The number of anilines is 2. The molecule has 0 unspecified atom stereocenters. The van der Waals surface area contributed by atoms with Gasteiger partial charge in [0, 0.05) is 68.3 Å². The number of halogens is 3. The van der Waals surface area contributed by atoms with E-state index in [4.69, 9.17) is 34.7 Å². The molecule has 100 heavy (non-hydrogen) atoms. The van der Waals surface area contributed by atoms with Gasteiger partial charge in [0.05, 0.1) is 78.3 Å². The molecule has 562 valence electrons. The van der Waals surface area contributed by atoms with Crippen LogP contribution >= 0.6 is 59.9 Å². The number of nitrogens with one attached hydrogen (secondary N) is 1. The Kier molecular flexibility index (Phi) is 73.9. The topological polar surface area (TPSA) is 288 Å². The summed E-state index contributed by atoms with van der Waals surface area (Å²) in [5.41, 5.74) is 16.7. The van der Waals surface area contributed by atoms with E-state index in [1.54, 1.807) is 40.2 Å². The number of nitro benzene ring substituents is 2. The molecule has 3 aliphatic heterocycles. The Bertz CT molecular complexity index is 3040. The van der Waals surface area contributed by atoms with Crippen molar-refractivity contribution < 1.29 is 72.4 Å². The van der Waals surface area contributed by atoms with Crippen LogP contribution in [0.15, 0.2) is 133 Å². The summed E-state index contributed by atoms with van der Waals surface area (Å²) >= 11 is 7.39. The van der Waals surface area contributed by atoms with Crippen LogP contribution in [0.4, 0.5) is 22.7 Å². The second-order valence-corrected chi connectivity index (χ2v) is 53.9. The number of aryl methyl sites for hydroxylation is 2. The number of cyclic esters (lactones) is 2. The minimum atomic E-state index is -1.17. The zero-order valence-electron chi connectivity index (χ0n) is 64.2. The number of nitrogens with two attached hydrogens (primary N) is 1. The molecular weight excluding hydrogens is 1660 g/mol. The summed E-state index contributed by atoms with van der Waals surface area (Å²) in [6, 6.07) is 37.8. The van der Waals surface area contributed by atoms with Crippen LogP contribution in [0, 0.1) is 34.1 Å². The molecule has 5 N–H and O–H groups in total. The second kappa shape index (κ2) is 68.8. The maximum atomic E-state index is 12.0. The van der Waals surface area contributed by atoms with Crippen molar-refractivity contribution >= 4 is 119 Å². The molecule has 0 amide bonds. The Hall–Kier alpha value is -5.98. The standard InChI is InChI=1S/C15H17NO2.2C9H9NO4.C9H9NO2.2C8H10O.8C2H6.CH5BO2.3HI.V/c1-9-8-15(2,3)16-11-5-4-10-6-7-18-14(17)13(10)12(9)11;2*1-6-3-4-7(10(12)13)5-8(6)9(11)14-2;10-7-2-1-6-3-4-12-9(11)8(6)5-7;2*1-9-7-8-5-3-2-4-6-8;8*1-2;1-2(3)4;;;;/h4-5,8,16H,6-7H2,1-3H3;2*3-5H,1-2H3;1-2,5H,3-4,10H2;2*2-6H,7H2,1H3;8*1-2H3;3-4H,1H3;3*1H;/q;;;;;;;;;;;;;;;;;;+3/p-3. The van der Waals surface area contributed by atoms with E-state index in [1.807, 2.05) is 184 Å². The van der Waals surface area contributed by atoms with Gasteiger partial charge < -0.3 is 49.5 Å². The van der Waals surface area contributed by atoms with E-state index in [2.05, 4.69) is 108 Å². The normalized spacial score (nSPS) is 10.9. The van der Waals surface area contributed by atoms with Crippen LogP contribution in [0.1, 0.15) is 212 Å². The predicted molar refractivity (Wildman–Crippen MR) is 438 cm³/mol. The number of esters is 4. The van der Waals surface area contributed by atoms with Gasteiger partial charge in [-0.15, -0.1) is 0 Å². The van der Waals surface area contributed by atoms with Crippen LogP contribution in [-0.4, -0.2) is 98.1 Å². The molecule has 3 aliphatic rings. The number of nitro groups is 2. The third-order valence-corrected chi connectivity index (χ3v) is 11.5. The molecule has 6 aromatic carbocycles. The van der Waals surface area contributed by atoms with E-state index in [-0.39, 0.29) is 44.9 Å². The quantitative estimate of drug-likeness (QED) is 0.0209. The van der Waals surface area contributed by atoms with Crippen molar-refractivity contribution in [1.82, 2.24) is 0 Å². The first kappa shape index (κ1) is 107. The molecule has 0 saturated carbocycles. The number of ether oxygens (including phenoxy) is 6. The number of nitrogens with zero attached hydrogens (tertiary/aromatic N) is 2. The van der Waals surface area contributed by atoms with Crippen LogP contribution < -0.4 is 11.1 Å². The van der Waals surface area contributed by atoms with Crippen molar-refractivity contribution in [2.24, 2.45) is 0 Å². The van der Waals surface area contributed by atoms with Crippen molar-refractivity contribution in [3.05, 3.63) is 215 Å². The Morgan fingerprint density at radius 1 is 0.570 bits per heavy atom. The van der Waals surface area contributed by atoms with Gasteiger partial charge in [0.1, 0.15) is 0 Å². The molecular formula is C75H117BI3N4O16V. The van der Waals surface area contributed by atoms with Gasteiger partial charge in [0.25, 0.3) is 11.4 Å². The summed E-state index contributed by atoms with van der Waals surface area (Å²) in [5.74, 6) is -1.58. The van der Waals surface area contributed by atoms with Crippen LogP contribution in [0.2, 0.25) is 6.82 Å². The first-order chi connectivity index (χ1) is 47.7. The summed E-state index contributed by atoms with van der Waals surface area (Å²) in [6.07, 6.45) is 3.77.